The van der Waals surface area contributed by atoms with Crippen LogP contribution in [0.25, 0.3) is 0 Å². The van der Waals surface area contributed by atoms with Crippen LogP contribution >= 0.6 is 0 Å². The predicted octanol–water partition coefficient (Wildman–Crippen LogP) is 0.191. The first-order valence-electron chi connectivity index (χ1n) is 3.98. The summed E-state index contributed by atoms with van der Waals surface area (Å²) in [5.74, 6) is -0.0271. The third-order valence-electron chi connectivity index (χ3n) is 1.68. The van der Waals surface area contributed by atoms with Crippen LogP contribution in [0, 0.1) is 0 Å². The number of likely N-dealkylation sites (N-methyl/N-ethyl adjacent to an activating group) is 1. The topological polar surface area (TPSA) is 46.9 Å². The van der Waals surface area contributed by atoms with Crippen LogP contribution in [-0.4, -0.2) is 22.7 Å². The molecule has 0 aromatic carbocycles. The molecule has 0 saturated carbocycles. The molecule has 0 radical (unpaired) electrons. The monoisotopic (exact) mass is 167 g/mol. The van der Waals surface area contributed by atoms with Crippen LogP contribution in [0.2, 0.25) is 0 Å². The Bertz CT molecular complexity index is 267. The van der Waals surface area contributed by atoms with Gasteiger partial charge in [0.25, 0.3) is 0 Å². The lowest BCUT2D eigenvalue weighted by Crippen LogP contribution is -2.23. The van der Waals surface area contributed by atoms with Crippen LogP contribution in [0.5, 0.6) is 0 Å². The van der Waals surface area contributed by atoms with Crippen molar-refractivity contribution >= 4 is 5.91 Å². The molecule has 4 nitrogen and oxygen atoms in total. The second kappa shape index (κ2) is 3.90. The maximum Gasteiger partial charge on any atom is 0.241 e. The van der Waals surface area contributed by atoms with E-state index in [1.54, 1.807) is 17.9 Å². The molecule has 0 bridgehead atoms. The first-order chi connectivity index (χ1) is 5.76. The van der Waals surface area contributed by atoms with E-state index in [-0.39, 0.29) is 5.91 Å². The average molecular weight is 167 g/mol. The number of hydrogen-bond donors (Lipinski definition) is 1. The number of aryl methyl sites for hydroxylation is 1. The van der Waals surface area contributed by atoms with Crippen molar-refractivity contribution in [2.75, 3.05) is 7.05 Å². The van der Waals surface area contributed by atoms with Gasteiger partial charge in [0.2, 0.25) is 5.91 Å². The Morgan fingerprint density at radius 3 is 3.00 bits per heavy atom. The van der Waals surface area contributed by atoms with E-state index < -0.39 is 0 Å². The molecule has 0 aliphatic carbocycles. The predicted molar refractivity (Wildman–Crippen MR) is 45.7 cm³/mol. The zero-order valence-corrected chi connectivity index (χ0v) is 7.37. The van der Waals surface area contributed by atoms with E-state index in [1.807, 2.05) is 6.20 Å². The molecule has 1 heterocycles. The van der Waals surface area contributed by atoms with Crippen molar-refractivity contribution in [3.05, 3.63) is 18.0 Å². The number of carbonyl (C=O) groups is 1. The minimum Gasteiger partial charge on any atom is -0.358 e. The van der Waals surface area contributed by atoms with Crippen molar-refractivity contribution in [1.82, 2.24) is 15.1 Å². The van der Waals surface area contributed by atoms with Crippen molar-refractivity contribution in [1.29, 1.82) is 0 Å². The highest BCUT2D eigenvalue weighted by Gasteiger charge is 2.00. The highest BCUT2D eigenvalue weighted by molar-refractivity contribution is 5.75. The third-order valence-corrected chi connectivity index (χ3v) is 1.68. The fourth-order valence-corrected chi connectivity index (χ4v) is 0.902. The van der Waals surface area contributed by atoms with Crippen molar-refractivity contribution in [2.45, 2.75) is 19.9 Å². The zero-order valence-electron chi connectivity index (χ0n) is 7.37. The summed E-state index contributed by atoms with van der Waals surface area (Å²) in [5.41, 5.74) is 1.15. The van der Waals surface area contributed by atoms with Gasteiger partial charge in [0.15, 0.2) is 0 Å². The largest absolute Gasteiger partial charge is 0.358 e. The van der Waals surface area contributed by atoms with Crippen LogP contribution in [0.4, 0.5) is 0 Å². The minimum absolute atomic E-state index is 0.0271. The van der Waals surface area contributed by atoms with Gasteiger partial charge in [-0.2, -0.15) is 5.10 Å². The number of nitrogens with zero attached hydrogens (tertiary/aromatic N) is 2. The van der Waals surface area contributed by atoms with Gasteiger partial charge >= 0.3 is 0 Å². The highest BCUT2D eigenvalue weighted by Crippen LogP contribution is 1.97. The van der Waals surface area contributed by atoms with E-state index in [0.29, 0.717) is 6.54 Å². The van der Waals surface area contributed by atoms with Gasteiger partial charge in [-0.15, -0.1) is 0 Å². The SMILES string of the molecule is CCc1cnn(CC(=O)NC)c1. The second-order valence-electron chi connectivity index (χ2n) is 2.57. The summed E-state index contributed by atoms with van der Waals surface area (Å²) < 4.78 is 1.64. The lowest BCUT2D eigenvalue weighted by molar-refractivity contribution is -0.121. The Morgan fingerprint density at radius 2 is 2.50 bits per heavy atom. The summed E-state index contributed by atoms with van der Waals surface area (Å²) in [6.07, 6.45) is 4.62. The molecule has 0 fully saturated rings. The fraction of sp³-hybridized carbons (Fsp3) is 0.500. The molecule has 0 aliphatic rings. The molecular formula is C8H13N3O. The molecule has 66 valence electrons. The number of aromatic nitrogens is 2. The van der Waals surface area contributed by atoms with E-state index in [1.165, 1.54) is 0 Å². The first kappa shape index (κ1) is 8.77. The van der Waals surface area contributed by atoms with Crippen LogP contribution in [0.3, 0.4) is 0 Å². The molecule has 0 atom stereocenters. The average Bonchev–Trinajstić information content (AvgIpc) is 2.52. The fourth-order valence-electron chi connectivity index (χ4n) is 0.902. The van der Waals surface area contributed by atoms with Crippen molar-refractivity contribution < 1.29 is 4.79 Å². The number of nitrogens with one attached hydrogen (secondary N) is 1. The maximum atomic E-state index is 10.9. The number of amides is 1. The van der Waals surface area contributed by atoms with Crippen molar-refractivity contribution in [3.8, 4) is 0 Å². The molecule has 1 amide bonds. The maximum absolute atomic E-state index is 10.9. The number of carbonyl (C=O) groups excluding carboxylic acids is 1. The summed E-state index contributed by atoms with van der Waals surface area (Å²) in [4.78, 5) is 10.9. The summed E-state index contributed by atoms with van der Waals surface area (Å²) in [5, 5.41) is 6.57. The molecule has 0 spiro atoms. The quantitative estimate of drug-likeness (QED) is 0.698. The van der Waals surface area contributed by atoms with Gasteiger partial charge in [-0.05, 0) is 12.0 Å². The molecule has 4 heteroatoms. The molecule has 0 unspecified atom stereocenters. The van der Waals surface area contributed by atoms with Crippen LogP contribution < -0.4 is 5.32 Å². The number of hydrogen-bond acceptors (Lipinski definition) is 2. The minimum atomic E-state index is -0.0271. The van der Waals surface area contributed by atoms with Crippen molar-refractivity contribution in [2.24, 2.45) is 0 Å². The van der Waals surface area contributed by atoms with Gasteiger partial charge in [0.05, 0.1) is 6.20 Å². The van der Waals surface area contributed by atoms with Gasteiger partial charge in [0.1, 0.15) is 6.54 Å². The molecule has 1 rings (SSSR count). The molecule has 0 saturated heterocycles. The number of rotatable bonds is 3. The molecule has 1 aromatic rings. The molecule has 0 aliphatic heterocycles. The summed E-state index contributed by atoms with van der Waals surface area (Å²) in [6, 6.07) is 0. The third kappa shape index (κ3) is 2.08. The van der Waals surface area contributed by atoms with E-state index in [4.69, 9.17) is 0 Å². The Balaban J connectivity index is 2.58. The lowest BCUT2D eigenvalue weighted by atomic mass is 10.3. The lowest BCUT2D eigenvalue weighted by Gasteiger charge is -1.98. The Hall–Kier alpha value is -1.32. The van der Waals surface area contributed by atoms with Crippen LogP contribution in [-0.2, 0) is 17.8 Å². The molecular weight excluding hydrogens is 154 g/mol. The van der Waals surface area contributed by atoms with Gasteiger partial charge in [-0.25, -0.2) is 0 Å². The Labute approximate surface area is 71.6 Å². The van der Waals surface area contributed by atoms with Crippen molar-refractivity contribution in [3.63, 3.8) is 0 Å². The normalized spacial score (nSPS) is 9.83. The zero-order chi connectivity index (χ0) is 8.97. The Kier molecular flexibility index (Phi) is 2.85. The van der Waals surface area contributed by atoms with Crippen LogP contribution in [0.1, 0.15) is 12.5 Å². The summed E-state index contributed by atoms with van der Waals surface area (Å²) in [7, 11) is 1.62. The van der Waals surface area contributed by atoms with E-state index >= 15 is 0 Å². The second-order valence-corrected chi connectivity index (χ2v) is 2.57. The standard InChI is InChI=1S/C8H13N3O/c1-3-7-4-10-11(5-7)6-8(12)9-2/h4-5H,3,6H2,1-2H3,(H,9,12). The highest BCUT2D eigenvalue weighted by atomic mass is 16.1. The van der Waals surface area contributed by atoms with Gasteiger partial charge in [0, 0.05) is 13.2 Å². The van der Waals surface area contributed by atoms with E-state index in [2.05, 4.69) is 17.3 Å². The Morgan fingerprint density at radius 1 is 1.75 bits per heavy atom. The summed E-state index contributed by atoms with van der Waals surface area (Å²) in [6.45, 7) is 2.36. The first-order valence-corrected chi connectivity index (χ1v) is 3.98. The van der Waals surface area contributed by atoms with Gasteiger partial charge in [-0.1, -0.05) is 6.92 Å². The van der Waals surface area contributed by atoms with Crippen LogP contribution in [0.15, 0.2) is 12.4 Å². The van der Waals surface area contributed by atoms with Gasteiger partial charge in [-0.3, -0.25) is 9.48 Å². The van der Waals surface area contributed by atoms with E-state index in [0.717, 1.165) is 12.0 Å². The molecule has 1 N–H and O–H groups in total. The smallest absolute Gasteiger partial charge is 0.241 e. The molecule has 1 aromatic heterocycles. The summed E-state index contributed by atoms with van der Waals surface area (Å²) >= 11 is 0. The molecule has 12 heavy (non-hydrogen) atoms. The van der Waals surface area contributed by atoms with Gasteiger partial charge < -0.3 is 5.32 Å². The van der Waals surface area contributed by atoms with E-state index in [9.17, 15) is 4.79 Å².